The molecule has 148 valence electrons. The molecule has 0 aliphatic rings. The highest BCUT2D eigenvalue weighted by atomic mass is 19.1. The minimum absolute atomic E-state index is 0.179. The van der Waals surface area contributed by atoms with E-state index in [0.29, 0.717) is 30.0 Å². The summed E-state index contributed by atoms with van der Waals surface area (Å²) in [6.07, 6.45) is 0.579. The fourth-order valence-corrected chi connectivity index (χ4v) is 2.57. The van der Waals surface area contributed by atoms with E-state index in [-0.39, 0.29) is 17.4 Å². The van der Waals surface area contributed by atoms with Crippen LogP contribution in [0.25, 0.3) is 0 Å². The summed E-state index contributed by atoms with van der Waals surface area (Å²) < 4.78 is 17.6. The first-order valence-corrected chi connectivity index (χ1v) is 8.87. The largest absolute Gasteiger partial charge is 0.465 e. The number of carbonyl (C=O) groups excluding carboxylic acids is 2. The summed E-state index contributed by atoms with van der Waals surface area (Å²) in [6.45, 7) is 0.395. The lowest BCUT2D eigenvalue weighted by atomic mass is 10.1. The molecule has 0 bridgehead atoms. The quantitative estimate of drug-likeness (QED) is 0.598. The topological polar surface area (TPSA) is 93.2 Å². The number of nitrogens with zero attached hydrogens (tertiary/aromatic N) is 2. The van der Waals surface area contributed by atoms with Crippen molar-refractivity contribution in [1.29, 1.82) is 0 Å². The van der Waals surface area contributed by atoms with Crippen molar-refractivity contribution in [3.8, 4) is 0 Å². The van der Waals surface area contributed by atoms with Crippen LogP contribution in [0, 0.1) is 5.82 Å². The zero-order valence-electron chi connectivity index (χ0n) is 15.7. The van der Waals surface area contributed by atoms with Crippen molar-refractivity contribution in [3.05, 3.63) is 83.3 Å². The molecule has 0 saturated carbocycles. The highest BCUT2D eigenvalue weighted by Crippen LogP contribution is 2.16. The van der Waals surface area contributed by atoms with Gasteiger partial charge in [0, 0.05) is 12.2 Å². The van der Waals surface area contributed by atoms with E-state index in [1.807, 2.05) is 0 Å². The minimum Gasteiger partial charge on any atom is -0.465 e. The van der Waals surface area contributed by atoms with E-state index in [1.165, 1.54) is 19.2 Å². The second kappa shape index (κ2) is 9.41. The van der Waals surface area contributed by atoms with Gasteiger partial charge in [0.1, 0.15) is 5.82 Å². The van der Waals surface area contributed by atoms with E-state index in [9.17, 15) is 14.0 Å². The zero-order valence-corrected chi connectivity index (χ0v) is 15.7. The molecule has 0 unspecified atom stereocenters. The van der Waals surface area contributed by atoms with Crippen molar-refractivity contribution in [1.82, 2.24) is 15.5 Å². The Bertz CT molecular complexity index is 992. The number of rotatable bonds is 7. The number of hydrogen-bond donors (Lipinski definition) is 2. The maximum absolute atomic E-state index is 12.9. The number of amides is 1. The molecule has 1 aromatic heterocycles. The van der Waals surface area contributed by atoms with E-state index < -0.39 is 5.97 Å². The van der Waals surface area contributed by atoms with Crippen molar-refractivity contribution in [3.63, 3.8) is 0 Å². The van der Waals surface area contributed by atoms with Crippen LogP contribution in [0.3, 0.4) is 0 Å². The molecule has 3 rings (SSSR count). The lowest BCUT2D eigenvalue weighted by Crippen LogP contribution is -2.26. The summed E-state index contributed by atoms with van der Waals surface area (Å²) in [4.78, 5) is 23.8. The standard InChI is InChI=1S/C21H19FN4O3/c1-29-21(28)15-3-2-4-17(13-15)24-19-10-9-18(25-26-19)20(27)23-12-11-14-5-7-16(22)8-6-14/h2-10,13H,11-12H2,1H3,(H,23,27)(H,24,26). The first-order valence-electron chi connectivity index (χ1n) is 8.87. The Balaban J connectivity index is 1.54. The Morgan fingerprint density at radius 1 is 1.03 bits per heavy atom. The zero-order chi connectivity index (χ0) is 20.6. The van der Waals surface area contributed by atoms with Crippen LogP contribution in [0.4, 0.5) is 15.9 Å². The van der Waals surface area contributed by atoms with Gasteiger partial charge in [0.25, 0.3) is 5.91 Å². The molecule has 8 heteroatoms. The third-order valence-electron chi connectivity index (χ3n) is 4.07. The number of anilines is 2. The van der Waals surface area contributed by atoms with Gasteiger partial charge in [0.05, 0.1) is 12.7 Å². The molecule has 0 radical (unpaired) electrons. The summed E-state index contributed by atoms with van der Waals surface area (Å²) in [6, 6.07) is 16.0. The predicted molar refractivity (Wildman–Crippen MR) is 106 cm³/mol. The van der Waals surface area contributed by atoms with E-state index in [4.69, 9.17) is 4.74 Å². The van der Waals surface area contributed by atoms with Gasteiger partial charge in [-0.1, -0.05) is 18.2 Å². The van der Waals surface area contributed by atoms with E-state index in [1.54, 1.807) is 48.5 Å². The molecule has 0 aliphatic carbocycles. The summed E-state index contributed by atoms with van der Waals surface area (Å²) in [5, 5.41) is 13.7. The van der Waals surface area contributed by atoms with Gasteiger partial charge in [-0.2, -0.15) is 0 Å². The van der Waals surface area contributed by atoms with Crippen molar-refractivity contribution in [2.45, 2.75) is 6.42 Å². The second-order valence-electron chi connectivity index (χ2n) is 6.13. The average Bonchev–Trinajstić information content (AvgIpc) is 2.75. The maximum atomic E-state index is 12.9. The molecule has 7 nitrogen and oxygen atoms in total. The van der Waals surface area contributed by atoms with Crippen LogP contribution in [-0.4, -0.2) is 35.7 Å². The average molecular weight is 394 g/mol. The van der Waals surface area contributed by atoms with Crippen LogP contribution in [0.5, 0.6) is 0 Å². The maximum Gasteiger partial charge on any atom is 0.337 e. The number of ether oxygens (including phenoxy) is 1. The normalized spacial score (nSPS) is 10.3. The van der Waals surface area contributed by atoms with Crippen LogP contribution < -0.4 is 10.6 Å². The summed E-state index contributed by atoms with van der Waals surface area (Å²) in [5.41, 5.74) is 2.14. The SMILES string of the molecule is COC(=O)c1cccc(Nc2ccc(C(=O)NCCc3ccc(F)cc3)nn2)c1. The van der Waals surface area contributed by atoms with E-state index in [0.717, 1.165) is 5.56 Å². The number of halogens is 1. The van der Waals surface area contributed by atoms with E-state index in [2.05, 4.69) is 20.8 Å². The second-order valence-corrected chi connectivity index (χ2v) is 6.13. The Kier molecular flexibility index (Phi) is 6.47. The molecule has 0 atom stereocenters. The molecule has 1 amide bonds. The summed E-state index contributed by atoms with van der Waals surface area (Å²) in [7, 11) is 1.32. The molecular formula is C21H19FN4O3. The van der Waals surface area contributed by atoms with Crippen molar-refractivity contribution >= 4 is 23.4 Å². The molecule has 29 heavy (non-hydrogen) atoms. The lowest BCUT2D eigenvalue weighted by molar-refractivity contribution is 0.0600. The Morgan fingerprint density at radius 2 is 1.83 bits per heavy atom. The van der Waals surface area contributed by atoms with Gasteiger partial charge in [0.15, 0.2) is 11.5 Å². The number of benzene rings is 2. The molecule has 1 heterocycles. The first kappa shape index (κ1) is 19.9. The number of esters is 1. The van der Waals surface area contributed by atoms with Crippen LogP contribution in [0.1, 0.15) is 26.4 Å². The summed E-state index contributed by atoms with van der Waals surface area (Å²) in [5.74, 6) is -0.653. The van der Waals surface area contributed by atoms with Gasteiger partial charge >= 0.3 is 5.97 Å². The molecule has 0 spiro atoms. The van der Waals surface area contributed by atoms with Gasteiger partial charge in [-0.25, -0.2) is 9.18 Å². The molecule has 3 aromatic rings. The fraction of sp³-hybridized carbons (Fsp3) is 0.143. The summed E-state index contributed by atoms with van der Waals surface area (Å²) >= 11 is 0. The smallest absolute Gasteiger partial charge is 0.337 e. The molecule has 0 fully saturated rings. The van der Waals surface area contributed by atoms with Gasteiger partial charge in [-0.05, 0) is 54.4 Å². The van der Waals surface area contributed by atoms with Gasteiger partial charge in [0.2, 0.25) is 0 Å². The molecule has 2 aromatic carbocycles. The monoisotopic (exact) mass is 394 g/mol. The van der Waals surface area contributed by atoms with Gasteiger partial charge < -0.3 is 15.4 Å². The van der Waals surface area contributed by atoms with Crippen molar-refractivity contribution < 1.29 is 18.7 Å². The van der Waals surface area contributed by atoms with Gasteiger partial charge in [-0.15, -0.1) is 10.2 Å². The highest BCUT2D eigenvalue weighted by Gasteiger charge is 2.09. The molecule has 2 N–H and O–H groups in total. The molecule has 0 aliphatic heterocycles. The molecular weight excluding hydrogens is 375 g/mol. The third-order valence-corrected chi connectivity index (χ3v) is 4.07. The van der Waals surface area contributed by atoms with Crippen LogP contribution >= 0.6 is 0 Å². The number of carbonyl (C=O) groups is 2. The van der Waals surface area contributed by atoms with Crippen molar-refractivity contribution in [2.24, 2.45) is 0 Å². The number of nitrogens with one attached hydrogen (secondary N) is 2. The third kappa shape index (κ3) is 5.58. The van der Waals surface area contributed by atoms with Crippen LogP contribution in [-0.2, 0) is 11.2 Å². The minimum atomic E-state index is -0.438. The van der Waals surface area contributed by atoms with Crippen LogP contribution in [0.15, 0.2) is 60.7 Å². The number of methoxy groups -OCH3 is 1. The van der Waals surface area contributed by atoms with Gasteiger partial charge in [-0.3, -0.25) is 4.79 Å². The van der Waals surface area contributed by atoms with E-state index >= 15 is 0 Å². The van der Waals surface area contributed by atoms with Crippen LogP contribution in [0.2, 0.25) is 0 Å². The fourth-order valence-electron chi connectivity index (χ4n) is 2.57. The number of aromatic nitrogens is 2. The first-order chi connectivity index (χ1) is 14.0. The Morgan fingerprint density at radius 3 is 2.52 bits per heavy atom. The lowest BCUT2D eigenvalue weighted by Gasteiger charge is -2.08. The molecule has 0 saturated heterocycles. The Labute approximate surface area is 166 Å². The number of hydrogen-bond acceptors (Lipinski definition) is 6. The Hall–Kier alpha value is -3.81. The van der Waals surface area contributed by atoms with Crippen molar-refractivity contribution in [2.75, 3.05) is 19.0 Å². The highest BCUT2D eigenvalue weighted by molar-refractivity contribution is 5.92. The predicted octanol–water partition coefficient (Wildman–Crippen LogP) is 3.12.